The zero-order chi connectivity index (χ0) is 21.8. The first kappa shape index (κ1) is 22.1. The molecule has 0 saturated carbocycles. The number of nitrogens with one attached hydrogen (secondary N) is 1. The minimum absolute atomic E-state index is 0.0942. The number of allylic oxidation sites excluding steroid dienone is 1. The van der Waals surface area contributed by atoms with Gasteiger partial charge in [-0.15, -0.1) is 17.9 Å². The van der Waals surface area contributed by atoms with Crippen molar-refractivity contribution in [1.82, 2.24) is 14.9 Å². The summed E-state index contributed by atoms with van der Waals surface area (Å²) < 4.78 is 7.09. The van der Waals surface area contributed by atoms with Crippen LogP contribution < -0.4 is 10.9 Å². The van der Waals surface area contributed by atoms with Crippen LogP contribution in [0.15, 0.2) is 52.3 Å². The number of hydrogen-bond acceptors (Lipinski definition) is 6. The van der Waals surface area contributed by atoms with E-state index in [9.17, 15) is 9.59 Å². The number of amides is 1. The van der Waals surface area contributed by atoms with Gasteiger partial charge in [0.15, 0.2) is 5.16 Å². The molecule has 1 unspecified atom stereocenters. The molecule has 0 aliphatic carbocycles. The fraction of sp³-hybridized carbons (Fsp3) is 0.318. The molecule has 1 saturated heterocycles. The second-order valence-corrected chi connectivity index (χ2v) is 9.34. The van der Waals surface area contributed by atoms with Crippen LogP contribution in [0.4, 0.5) is 0 Å². The topological polar surface area (TPSA) is 73.2 Å². The smallest absolute Gasteiger partial charge is 0.263 e. The van der Waals surface area contributed by atoms with E-state index < -0.39 is 0 Å². The maximum Gasteiger partial charge on any atom is 0.263 e. The monoisotopic (exact) mass is 475 g/mol. The first-order valence-electron chi connectivity index (χ1n) is 9.97. The Bertz CT molecular complexity index is 1170. The molecular weight excluding hydrogens is 454 g/mol. The van der Waals surface area contributed by atoms with Crippen molar-refractivity contribution in [3.05, 3.63) is 57.7 Å². The normalized spacial score (nSPS) is 16.0. The van der Waals surface area contributed by atoms with E-state index in [0.29, 0.717) is 33.5 Å². The highest BCUT2D eigenvalue weighted by molar-refractivity contribution is 7.99. The fourth-order valence-corrected chi connectivity index (χ4v) is 5.55. The first-order valence-corrected chi connectivity index (χ1v) is 12.2. The Balaban J connectivity index is 1.59. The van der Waals surface area contributed by atoms with Gasteiger partial charge in [-0.2, -0.15) is 0 Å². The zero-order valence-electron chi connectivity index (χ0n) is 16.8. The van der Waals surface area contributed by atoms with Gasteiger partial charge in [-0.25, -0.2) is 4.98 Å². The molecule has 162 valence electrons. The highest BCUT2D eigenvalue weighted by atomic mass is 35.5. The van der Waals surface area contributed by atoms with Gasteiger partial charge in [0, 0.05) is 41.2 Å². The number of thioether (sulfide) groups is 1. The summed E-state index contributed by atoms with van der Waals surface area (Å²) in [6.07, 6.45) is 3.75. The van der Waals surface area contributed by atoms with Gasteiger partial charge in [-0.3, -0.25) is 14.2 Å². The van der Waals surface area contributed by atoms with Crippen molar-refractivity contribution >= 4 is 50.8 Å². The lowest BCUT2D eigenvalue weighted by molar-refractivity contribution is -0.119. The van der Waals surface area contributed by atoms with E-state index in [1.165, 1.54) is 23.1 Å². The number of benzene rings is 1. The van der Waals surface area contributed by atoms with Crippen LogP contribution in [0.3, 0.4) is 0 Å². The van der Waals surface area contributed by atoms with Gasteiger partial charge in [0.2, 0.25) is 5.91 Å². The lowest BCUT2D eigenvalue weighted by atomic mass is 10.1. The van der Waals surface area contributed by atoms with Crippen LogP contribution in [0.25, 0.3) is 21.3 Å². The van der Waals surface area contributed by atoms with Crippen molar-refractivity contribution in [1.29, 1.82) is 0 Å². The Kier molecular flexibility index (Phi) is 7.12. The number of nitrogens with zero attached hydrogens (tertiary/aromatic N) is 2. The number of carbonyl (C=O) groups is 1. The molecule has 1 aliphatic rings. The number of hydrogen-bond donors (Lipinski definition) is 1. The maximum atomic E-state index is 13.4. The summed E-state index contributed by atoms with van der Waals surface area (Å²) in [5.41, 5.74) is 1.41. The van der Waals surface area contributed by atoms with E-state index in [1.807, 2.05) is 23.6 Å². The summed E-state index contributed by atoms with van der Waals surface area (Å²) in [5, 5.41) is 6.42. The van der Waals surface area contributed by atoms with Crippen LogP contribution in [0, 0.1) is 0 Å². The highest BCUT2D eigenvalue weighted by Crippen LogP contribution is 2.35. The average Bonchev–Trinajstić information content (AvgIpc) is 3.43. The molecule has 1 atom stereocenters. The predicted molar refractivity (Wildman–Crippen MR) is 127 cm³/mol. The van der Waals surface area contributed by atoms with Crippen LogP contribution in [0.5, 0.6) is 0 Å². The molecule has 0 spiro atoms. The lowest BCUT2D eigenvalue weighted by Crippen LogP contribution is -2.33. The number of fused-ring (bicyclic) bond motifs is 1. The molecule has 1 fully saturated rings. The lowest BCUT2D eigenvalue weighted by Gasteiger charge is -2.12. The zero-order valence-corrected chi connectivity index (χ0v) is 19.2. The number of carbonyl (C=O) groups excluding carboxylic acids is 1. The summed E-state index contributed by atoms with van der Waals surface area (Å²) >= 11 is 9.00. The molecule has 0 radical (unpaired) electrons. The van der Waals surface area contributed by atoms with Crippen LogP contribution in [0.1, 0.15) is 12.8 Å². The molecule has 1 aromatic carbocycles. The van der Waals surface area contributed by atoms with E-state index in [0.717, 1.165) is 30.6 Å². The summed E-state index contributed by atoms with van der Waals surface area (Å²) in [7, 11) is 0. The van der Waals surface area contributed by atoms with E-state index >= 15 is 0 Å². The Morgan fingerprint density at radius 1 is 1.42 bits per heavy atom. The summed E-state index contributed by atoms with van der Waals surface area (Å²) in [6, 6.07) is 7.44. The van der Waals surface area contributed by atoms with E-state index in [1.54, 1.807) is 16.7 Å². The third-order valence-corrected chi connectivity index (χ3v) is 7.20. The summed E-state index contributed by atoms with van der Waals surface area (Å²) in [4.78, 5) is 31.0. The first-order chi connectivity index (χ1) is 15.1. The van der Waals surface area contributed by atoms with E-state index in [4.69, 9.17) is 16.3 Å². The minimum Gasteiger partial charge on any atom is -0.376 e. The van der Waals surface area contributed by atoms with Gasteiger partial charge in [-0.1, -0.05) is 47.6 Å². The van der Waals surface area contributed by atoms with Gasteiger partial charge in [-0.05, 0) is 18.9 Å². The van der Waals surface area contributed by atoms with E-state index in [-0.39, 0.29) is 23.3 Å². The van der Waals surface area contributed by atoms with E-state index in [2.05, 4.69) is 16.9 Å². The molecule has 31 heavy (non-hydrogen) atoms. The summed E-state index contributed by atoms with van der Waals surface area (Å²) in [5.74, 6) is 0.0628. The molecule has 0 bridgehead atoms. The van der Waals surface area contributed by atoms with Crippen molar-refractivity contribution in [2.75, 3.05) is 18.9 Å². The fourth-order valence-electron chi connectivity index (χ4n) is 3.50. The van der Waals surface area contributed by atoms with Gasteiger partial charge >= 0.3 is 0 Å². The average molecular weight is 476 g/mol. The van der Waals surface area contributed by atoms with Crippen LogP contribution in [-0.4, -0.2) is 40.5 Å². The largest absolute Gasteiger partial charge is 0.376 e. The molecule has 3 heterocycles. The molecule has 9 heteroatoms. The van der Waals surface area contributed by atoms with Crippen molar-refractivity contribution in [2.45, 2.75) is 30.6 Å². The van der Waals surface area contributed by atoms with Gasteiger partial charge in [0.25, 0.3) is 5.56 Å². The molecule has 3 aromatic rings. The molecule has 1 N–H and O–H groups in total. The number of rotatable bonds is 8. The SMILES string of the molecule is C=CCn1c(SCC(=O)NCC2CCCO2)nc2scc(-c3ccccc3Cl)c2c1=O. The van der Waals surface area contributed by atoms with Crippen LogP contribution in [0.2, 0.25) is 5.02 Å². The number of thiophene rings is 1. The van der Waals surface area contributed by atoms with Crippen LogP contribution >= 0.6 is 34.7 Å². The minimum atomic E-state index is -0.164. The van der Waals surface area contributed by atoms with Crippen LogP contribution in [-0.2, 0) is 16.1 Å². The van der Waals surface area contributed by atoms with Crippen molar-refractivity contribution in [3.63, 3.8) is 0 Å². The second-order valence-electron chi connectivity index (χ2n) is 7.14. The predicted octanol–water partition coefficient (Wildman–Crippen LogP) is 4.35. The Labute approximate surface area is 193 Å². The Morgan fingerprint density at radius 2 is 2.26 bits per heavy atom. The summed E-state index contributed by atoms with van der Waals surface area (Å²) in [6.45, 7) is 5.33. The number of ether oxygens (including phenoxy) is 1. The number of aromatic nitrogens is 2. The van der Waals surface area contributed by atoms with Gasteiger partial charge in [0.05, 0.1) is 17.2 Å². The quantitative estimate of drug-likeness (QED) is 0.298. The highest BCUT2D eigenvalue weighted by Gasteiger charge is 2.20. The Morgan fingerprint density at radius 3 is 3.00 bits per heavy atom. The molecule has 1 amide bonds. The van der Waals surface area contributed by atoms with Crippen molar-refractivity contribution in [3.8, 4) is 11.1 Å². The van der Waals surface area contributed by atoms with Crippen molar-refractivity contribution < 1.29 is 9.53 Å². The van der Waals surface area contributed by atoms with Gasteiger partial charge in [0.1, 0.15) is 4.83 Å². The number of halogens is 1. The second kappa shape index (κ2) is 9.99. The molecule has 2 aromatic heterocycles. The standard InChI is InChI=1S/C22H22ClN3O3S2/c1-2-9-26-21(28)19-16(15-7-3-4-8-17(15)23)12-30-20(19)25-22(26)31-13-18(27)24-11-14-6-5-10-29-14/h2-4,7-8,12,14H,1,5-6,9-11,13H2,(H,24,27). The molecular formula is C22H22ClN3O3S2. The Hall–Kier alpha value is -2.13. The van der Waals surface area contributed by atoms with Crippen molar-refractivity contribution in [2.24, 2.45) is 0 Å². The van der Waals surface area contributed by atoms with Gasteiger partial charge < -0.3 is 10.1 Å². The molecule has 1 aliphatic heterocycles. The third-order valence-electron chi connectivity index (χ3n) is 5.02. The third kappa shape index (κ3) is 4.87. The molecule has 6 nitrogen and oxygen atoms in total. The molecule has 4 rings (SSSR count). The maximum absolute atomic E-state index is 13.4.